The lowest BCUT2D eigenvalue weighted by Crippen LogP contribution is -2.39. The predicted molar refractivity (Wildman–Crippen MR) is 155 cm³/mol. The summed E-state index contributed by atoms with van der Waals surface area (Å²) < 4.78 is 39.2. The molecule has 0 atom stereocenters. The number of benzene rings is 3. The number of rotatable bonds is 7. The van der Waals surface area contributed by atoms with Crippen LogP contribution in [-0.2, 0) is 12.6 Å². The zero-order valence-electron chi connectivity index (χ0n) is 22.5. The molecular weight excluding hydrogens is 563 g/mol. The number of hydrogen-bond donors (Lipinski definition) is 2. The number of pyridine rings is 1. The minimum absolute atomic E-state index is 0.114. The van der Waals surface area contributed by atoms with E-state index in [-0.39, 0.29) is 22.6 Å². The number of aromatic nitrogens is 1. The molecule has 0 aliphatic carbocycles. The summed E-state index contributed by atoms with van der Waals surface area (Å²) in [6.07, 6.45) is -0.891. The van der Waals surface area contributed by atoms with Crippen molar-refractivity contribution in [2.45, 2.75) is 35.4 Å². The van der Waals surface area contributed by atoms with Crippen LogP contribution >= 0.6 is 11.8 Å². The Morgan fingerprint density at radius 3 is 2.43 bits per heavy atom. The van der Waals surface area contributed by atoms with Gasteiger partial charge in [-0.05, 0) is 79.3 Å². The van der Waals surface area contributed by atoms with Crippen LogP contribution in [-0.4, -0.2) is 39.9 Å². The molecule has 1 aliphatic rings. The van der Waals surface area contributed by atoms with Crippen molar-refractivity contribution in [3.05, 3.63) is 113 Å². The van der Waals surface area contributed by atoms with Gasteiger partial charge >= 0.3 is 6.18 Å². The minimum atomic E-state index is -4.42. The molecule has 4 aromatic rings. The van der Waals surface area contributed by atoms with Crippen molar-refractivity contribution in [1.29, 1.82) is 0 Å². The third kappa shape index (κ3) is 7.50. The molecule has 1 saturated heterocycles. The predicted octanol–water partition coefficient (Wildman–Crippen LogP) is 7.30. The molecule has 3 aromatic carbocycles. The van der Waals surface area contributed by atoms with Crippen LogP contribution in [0.3, 0.4) is 0 Å². The lowest BCUT2D eigenvalue weighted by atomic mass is 9.90. The number of carbonyl (C=O) groups is 2. The van der Waals surface area contributed by atoms with Gasteiger partial charge in [0.05, 0.1) is 5.56 Å². The Kier molecular flexibility index (Phi) is 8.82. The largest absolute Gasteiger partial charge is 0.508 e. The summed E-state index contributed by atoms with van der Waals surface area (Å²) >= 11 is 1.19. The van der Waals surface area contributed by atoms with Crippen molar-refractivity contribution < 1.29 is 27.9 Å². The summed E-state index contributed by atoms with van der Waals surface area (Å²) in [7, 11) is 0. The molecule has 1 aromatic heterocycles. The van der Waals surface area contributed by atoms with Gasteiger partial charge in [0, 0.05) is 47.1 Å². The van der Waals surface area contributed by atoms with Crippen molar-refractivity contribution >= 4 is 29.3 Å². The van der Waals surface area contributed by atoms with E-state index in [1.54, 1.807) is 35.2 Å². The van der Waals surface area contributed by atoms with Gasteiger partial charge in [-0.1, -0.05) is 42.1 Å². The van der Waals surface area contributed by atoms with Gasteiger partial charge in [0.1, 0.15) is 10.8 Å². The highest BCUT2D eigenvalue weighted by Gasteiger charge is 2.31. The van der Waals surface area contributed by atoms with E-state index in [9.17, 15) is 27.9 Å². The second-order valence-electron chi connectivity index (χ2n) is 10.2. The van der Waals surface area contributed by atoms with E-state index < -0.39 is 11.7 Å². The van der Waals surface area contributed by atoms with E-state index in [1.165, 1.54) is 30.1 Å². The molecular formula is C32H28F3N3O3S. The van der Waals surface area contributed by atoms with Crippen molar-refractivity contribution in [2.24, 2.45) is 5.92 Å². The molecule has 2 N–H and O–H groups in total. The molecule has 2 heterocycles. The van der Waals surface area contributed by atoms with Gasteiger partial charge in [-0.2, -0.15) is 13.2 Å². The van der Waals surface area contributed by atoms with Crippen LogP contribution in [0.2, 0.25) is 0 Å². The van der Waals surface area contributed by atoms with Crippen LogP contribution in [0.1, 0.15) is 44.7 Å². The molecule has 0 radical (unpaired) electrons. The number of nitrogens with zero attached hydrogens (tertiary/aromatic N) is 2. The molecule has 0 bridgehead atoms. The van der Waals surface area contributed by atoms with E-state index in [0.717, 1.165) is 41.9 Å². The summed E-state index contributed by atoms with van der Waals surface area (Å²) in [6, 6.07) is 22.8. The second kappa shape index (κ2) is 12.7. The average molecular weight is 592 g/mol. The number of amides is 2. The molecule has 42 heavy (non-hydrogen) atoms. The summed E-state index contributed by atoms with van der Waals surface area (Å²) in [5, 5.41) is 13.2. The zero-order valence-corrected chi connectivity index (χ0v) is 23.3. The van der Waals surface area contributed by atoms with Crippen LogP contribution in [0.4, 0.5) is 18.9 Å². The molecule has 0 saturated carbocycles. The maximum absolute atomic E-state index is 13.3. The van der Waals surface area contributed by atoms with Gasteiger partial charge in [-0.3, -0.25) is 9.59 Å². The summed E-state index contributed by atoms with van der Waals surface area (Å²) in [4.78, 5) is 32.4. The molecule has 216 valence electrons. The number of alkyl halides is 3. The molecule has 6 nitrogen and oxygen atoms in total. The van der Waals surface area contributed by atoms with Gasteiger partial charge in [0.2, 0.25) is 0 Å². The quantitative estimate of drug-likeness (QED) is 0.236. The van der Waals surface area contributed by atoms with Gasteiger partial charge in [0.25, 0.3) is 11.8 Å². The lowest BCUT2D eigenvalue weighted by Gasteiger charge is -2.32. The Morgan fingerprint density at radius 1 is 0.929 bits per heavy atom. The van der Waals surface area contributed by atoms with Crippen LogP contribution in [0.15, 0.2) is 101 Å². The monoisotopic (exact) mass is 591 g/mol. The van der Waals surface area contributed by atoms with E-state index in [2.05, 4.69) is 10.3 Å². The number of piperidine rings is 1. The molecule has 0 unspecified atom stereocenters. The number of anilines is 1. The normalized spacial score (nSPS) is 14.0. The lowest BCUT2D eigenvalue weighted by molar-refractivity contribution is -0.137. The van der Waals surface area contributed by atoms with Crippen molar-refractivity contribution in [3.8, 4) is 5.75 Å². The summed E-state index contributed by atoms with van der Waals surface area (Å²) in [5.41, 5.74) is 1.44. The Morgan fingerprint density at radius 2 is 1.69 bits per heavy atom. The van der Waals surface area contributed by atoms with Crippen LogP contribution in [0.5, 0.6) is 5.75 Å². The highest BCUT2D eigenvalue weighted by Crippen LogP contribution is 2.34. The van der Waals surface area contributed by atoms with Gasteiger partial charge in [-0.25, -0.2) is 4.98 Å². The fourth-order valence-corrected chi connectivity index (χ4v) is 5.85. The molecule has 1 fully saturated rings. The van der Waals surface area contributed by atoms with E-state index in [1.807, 2.05) is 30.3 Å². The molecule has 1 aliphatic heterocycles. The average Bonchev–Trinajstić information content (AvgIpc) is 2.97. The SMILES string of the molecule is O=C(Nc1cc(O)cc(C(=O)N2CCC(Cc3cccc(Sc4cc(C(F)(F)F)ccn4)c3)CC2)c1)c1ccccc1. The molecule has 5 rings (SSSR count). The molecule has 10 heteroatoms. The smallest absolute Gasteiger partial charge is 0.416 e. The van der Waals surface area contributed by atoms with E-state index in [0.29, 0.717) is 35.8 Å². The highest BCUT2D eigenvalue weighted by atomic mass is 32.2. The van der Waals surface area contributed by atoms with E-state index in [4.69, 9.17) is 0 Å². The highest BCUT2D eigenvalue weighted by molar-refractivity contribution is 7.99. The summed E-state index contributed by atoms with van der Waals surface area (Å²) in [5.74, 6) is -0.330. The number of halogens is 3. The molecule has 0 spiro atoms. The minimum Gasteiger partial charge on any atom is -0.508 e. The first kappa shape index (κ1) is 29.2. The number of carbonyl (C=O) groups excluding carboxylic acids is 2. The number of phenolic OH excluding ortho intramolecular Hbond substituents is 1. The van der Waals surface area contributed by atoms with Gasteiger partial charge in [-0.15, -0.1) is 0 Å². The maximum atomic E-state index is 13.3. The fraction of sp³-hybridized carbons (Fsp3) is 0.219. The zero-order chi connectivity index (χ0) is 29.7. The van der Waals surface area contributed by atoms with Gasteiger partial charge in [0.15, 0.2) is 0 Å². The van der Waals surface area contributed by atoms with E-state index >= 15 is 0 Å². The fourth-order valence-electron chi connectivity index (χ4n) is 4.95. The number of hydrogen-bond acceptors (Lipinski definition) is 5. The summed E-state index contributed by atoms with van der Waals surface area (Å²) in [6.45, 7) is 1.10. The van der Waals surface area contributed by atoms with Crippen molar-refractivity contribution in [2.75, 3.05) is 18.4 Å². The van der Waals surface area contributed by atoms with Crippen molar-refractivity contribution in [1.82, 2.24) is 9.88 Å². The number of nitrogens with one attached hydrogen (secondary N) is 1. The third-order valence-electron chi connectivity index (χ3n) is 7.07. The van der Waals surface area contributed by atoms with Crippen LogP contribution < -0.4 is 5.32 Å². The number of aromatic hydroxyl groups is 1. The maximum Gasteiger partial charge on any atom is 0.416 e. The first-order valence-corrected chi connectivity index (χ1v) is 14.3. The topological polar surface area (TPSA) is 82.5 Å². The third-order valence-corrected chi connectivity index (χ3v) is 7.99. The Balaban J connectivity index is 1.17. The Labute approximate surface area is 245 Å². The Hall–Kier alpha value is -4.31. The number of likely N-dealkylation sites (tertiary alicyclic amines) is 1. The first-order chi connectivity index (χ1) is 20.1. The molecule has 2 amide bonds. The first-order valence-electron chi connectivity index (χ1n) is 13.4. The van der Waals surface area contributed by atoms with Crippen LogP contribution in [0, 0.1) is 5.92 Å². The second-order valence-corrected chi connectivity index (χ2v) is 11.3. The van der Waals surface area contributed by atoms with Crippen molar-refractivity contribution in [3.63, 3.8) is 0 Å². The number of phenols is 1. The standard InChI is InChI=1S/C32H28F3N3O3S/c33-32(34,35)25-9-12-36-29(19-25)42-28-8-4-5-22(16-28)15-21-10-13-38(14-11-21)31(41)24-17-26(20-27(39)18-24)37-30(40)23-6-2-1-3-7-23/h1-9,12,16-21,39H,10-11,13-15H2,(H,37,40). The van der Waals surface area contributed by atoms with Crippen LogP contribution in [0.25, 0.3) is 0 Å². The van der Waals surface area contributed by atoms with Gasteiger partial charge < -0.3 is 15.3 Å². The Bertz CT molecular complexity index is 1570.